The van der Waals surface area contributed by atoms with Crippen molar-refractivity contribution in [3.8, 4) is 0 Å². The van der Waals surface area contributed by atoms with E-state index in [1.807, 2.05) is 11.8 Å². The monoisotopic (exact) mass is 328 g/mol. The summed E-state index contributed by atoms with van der Waals surface area (Å²) in [6.45, 7) is 7.95. The Balaban J connectivity index is 3.07. The molecule has 19 heavy (non-hydrogen) atoms. The predicted octanol–water partition coefficient (Wildman–Crippen LogP) is 3.80. The summed E-state index contributed by atoms with van der Waals surface area (Å²) in [4.78, 5) is 17.7. The Kier molecular flexibility index (Phi) is 6.28. The Morgan fingerprint density at radius 3 is 2.53 bits per heavy atom. The van der Waals surface area contributed by atoms with Gasteiger partial charge in [0, 0.05) is 23.8 Å². The van der Waals surface area contributed by atoms with E-state index in [2.05, 4.69) is 34.8 Å². The summed E-state index contributed by atoms with van der Waals surface area (Å²) in [7, 11) is 0. The van der Waals surface area contributed by atoms with E-state index in [-0.39, 0.29) is 5.56 Å². The third-order valence-corrected chi connectivity index (χ3v) is 3.81. The second-order valence-corrected chi connectivity index (χ2v) is 5.47. The summed E-state index contributed by atoms with van der Waals surface area (Å²) in [5.41, 5.74) is 0.252. The summed E-state index contributed by atoms with van der Waals surface area (Å²) in [5.74, 6) is 0.184. The molecule has 0 unspecified atom stereocenters. The molecule has 1 N–H and O–H groups in total. The van der Waals surface area contributed by atoms with Crippen molar-refractivity contribution in [1.82, 2.24) is 4.98 Å². The van der Waals surface area contributed by atoms with E-state index < -0.39 is 5.97 Å². The molecule has 0 saturated heterocycles. The van der Waals surface area contributed by atoms with Crippen LogP contribution in [0.15, 0.2) is 16.7 Å². The highest BCUT2D eigenvalue weighted by molar-refractivity contribution is 9.10. The second kappa shape index (κ2) is 7.48. The average Bonchev–Trinajstić information content (AvgIpc) is 2.40. The largest absolute Gasteiger partial charge is 0.478 e. The molecular formula is C14H21BrN2O2. The third-order valence-electron chi connectivity index (χ3n) is 3.38. The van der Waals surface area contributed by atoms with Gasteiger partial charge in [-0.2, -0.15) is 0 Å². The molecule has 0 atom stereocenters. The molecule has 0 aliphatic carbocycles. The first kappa shape index (κ1) is 16.0. The van der Waals surface area contributed by atoms with Gasteiger partial charge in [-0.3, -0.25) is 0 Å². The molecule has 0 spiro atoms. The van der Waals surface area contributed by atoms with Crippen LogP contribution in [0, 0.1) is 5.92 Å². The van der Waals surface area contributed by atoms with Crippen LogP contribution in [0.3, 0.4) is 0 Å². The zero-order chi connectivity index (χ0) is 14.4. The highest BCUT2D eigenvalue weighted by atomic mass is 79.9. The molecule has 1 aromatic rings. The van der Waals surface area contributed by atoms with Gasteiger partial charge in [0.05, 0.1) is 0 Å². The summed E-state index contributed by atoms with van der Waals surface area (Å²) in [6.07, 6.45) is 3.83. The van der Waals surface area contributed by atoms with E-state index >= 15 is 0 Å². The molecule has 106 valence electrons. The SMILES string of the molecule is CCC(CC)CN(CC)c1ncc(Br)cc1C(=O)O. The zero-order valence-corrected chi connectivity index (χ0v) is 13.3. The van der Waals surface area contributed by atoms with Gasteiger partial charge in [0.2, 0.25) is 0 Å². The Morgan fingerprint density at radius 1 is 1.42 bits per heavy atom. The van der Waals surface area contributed by atoms with E-state index in [4.69, 9.17) is 0 Å². The molecule has 0 radical (unpaired) electrons. The molecule has 1 rings (SSSR count). The Morgan fingerprint density at radius 2 is 2.05 bits per heavy atom. The first-order chi connectivity index (χ1) is 9.03. The van der Waals surface area contributed by atoms with Gasteiger partial charge in [0.1, 0.15) is 11.4 Å². The van der Waals surface area contributed by atoms with Crippen molar-refractivity contribution in [2.75, 3.05) is 18.0 Å². The fourth-order valence-electron chi connectivity index (χ4n) is 2.07. The van der Waals surface area contributed by atoms with Gasteiger partial charge in [-0.15, -0.1) is 0 Å². The van der Waals surface area contributed by atoms with E-state index in [1.54, 1.807) is 12.3 Å². The maximum atomic E-state index is 11.3. The normalized spacial score (nSPS) is 10.8. The number of aromatic carboxylic acids is 1. The van der Waals surface area contributed by atoms with Crippen molar-refractivity contribution in [2.45, 2.75) is 33.6 Å². The summed E-state index contributed by atoms with van der Waals surface area (Å²) in [6, 6.07) is 1.61. The smallest absolute Gasteiger partial charge is 0.339 e. The number of carboxylic acids is 1. The Labute approximate surface area is 123 Å². The average molecular weight is 329 g/mol. The van der Waals surface area contributed by atoms with Crippen molar-refractivity contribution < 1.29 is 9.90 Å². The van der Waals surface area contributed by atoms with Crippen molar-refractivity contribution in [1.29, 1.82) is 0 Å². The van der Waals surface area contributed by atoms with Crippen LogP contribution in [0.1, 0.15) is 44.0 Å². The second-order valence-electron chi connectivity index (χ2n) is 4.55. The van der Waals surface area contributed by atoms with Crippen molar-refractivity contribution in [3.05, 3.63) is 22.3 Å². The Hall–Kier alpha value is -1.10. The van der Waals surface area contributed by atoms with Crippen molar-refractivity contribution >= 4 is 27.7 Å². The highest BCUT2D eigenvalue weighted by Crippen LogP contribution is 2.23. The molecular weight excluding hydrogens is 308 g/mol. The quantitative estimate of drug-likeness (QED) is 0.827. The lowest BCUT2D eigenvalue weighted by molar-refractivity contribution is 0.0697. The number of carbonyl (C=O) groups is 1. The summed E-state index contributed by atoms with van der Waals surface area (Å²) < 4.78 is 0.687. The maximum Gasteiger partial charge on any atom is 0.339 e. The van der Waals surface area contributed by atoms with Crippen LogP contribution < -0.4 is 4.90 Å². The predicted molar refractivity (Wildman–Crippen MR) is 80.9 cm³/mol. The number of anilines is 1. The molecule has 5 heteroatoms. The molecule has 0 aliphatic heterocycles. The topological polar surface area (TPSA) is 53.4 Å². The van der Waals surface area contributed by atoms with Crippen LogP contribution in [0.25, 0.3) is 0 Å². The van der Waals surface area contributed by atoms with E-state index in [0.717, 1.165) is 25.9 Å². The number of nitrogens with zero attached hydrogens (tertiary/aromatic N) is 2. The first-order valence-electron chi connectivity index (χ1n) is 6.67. The minimum Gasteiger partial charge on any atom is -0.478 e. The standard InChI is InChI=1S/C14H21BrN2O2/c1-4-10(5-2)9-17(6-3)13-12(14(18)19)7-11(15)8-16-13/h7-8,10H,4-6,9H2,1-3H3,(H,18,19). The van der Waals surface area contributed by atoms with Crippen molar-refractivity contribution in [3.63, 3.8) is 0 Å². The number of carboxylic acid groups (broad SMARTS) is 1. The van der Waals surface area contributed by atoms with Gasteiger partial charge in [0.25, 0.3) is 0 Å². The van der Waals surface area contributed by atoms with Crippen molar-refractivity contribution in [2.24, 2.45) is 5.92 Å². The van der Waals surface area contributed by atoms with Gasteiger partial charge in [-0.1, -0.05) is 26.7 Å². The fraction of sp³-hybridized carbons (Fsp3) is 0.571. The van der Waals surface area contributed by atoms with Crippen LogP contribution >= 0.6 is 15.9 Å². The Bertz CT molecular complexity index is 433. The molecule has 4 nitrogen and oxygen atoms in total. The van der Waals surface area contributed by atoms with Gasteiger partial charge < -0.3 is 10.0 Å². The molecule has 0 aromatic carbocycles. The number of aromatic nitrogens is 1. The summed E-state index contributed by atoms with van der Waals surface area (Å²) in [5, 5.41) is 9.30. The van der Waals surface area contributed by atoms with Crippen LogP contribution in [-0.4, -0.2) is 29.1 Å². The number of hydrogen-bond acceptors (Lipinski definition) is 3. The first-order valence-corrected chi connectivity index (χ1v) is 7.46. The summed E-state index contributed by atoms with van der Waals surface area (Å²) >= 11 is 3.27. The minimum absolute atomic E-state index is 0.252. The number of pyridine rings is 1. The molecule has 0 bridgehead atoms. The fourth-order valence-corrected chi connectivity index (χ4v) is 2.40. The molecule has 1 aromatic heterocycles. The number of halogens is 1. The molecule has 0 saturated carbocycles. The molecule has 0 amide bonds. The van der Waals surface area contributed by atoms with Gasteiger partial charge in [0.15, 0.2) is 0 Å². The van der Waals surface area contributed by atoms with E-state index in [1.165, 1.54) is 0 Å². The number of rotatable bonds is 7. The molecule has 1 heterocycles. The minimum atomic E-state index is -0.938. The highest BCUT2D eigenvalue weighted by Gasteiger charge is 2.19. The van der Waals surface area contributed by atoms with Crippen LogP contribution in [-0.2, 0) is 0 Å². The van der Waals surface area contributed by atoms with E-state index in [9.17, 15) is 9.90 Å². The third kappa shape index (κ3) is 4.20. The van der Waals surface area contributed by atoms with Crippen LogP contribution in [0.5, 0.6) is 0 Å². The lowest BCUT2D eigenvalue weighted by Crippen LogP contribution is -2.31. The maximum absolute atomic E-state index is 11.3. The lowest BCUT2D eigenvalue weighted by Gasteiger charge is -2.27. The zero-order valence-electron chi connectivity index (χ0n) is 11.7. The van der Waals surface area contributed by atoms with Gasteiger partial charge in [-0.05, 0) is 34.8 Å². The molecule has 0 aliphatic rings. The van der Waals surface area contributed by atoms with Gasteiger partial charge >= 0.3 is 5.97 Å². The van der Waals surface area contributed by atoms with Crippen LogP contribution in [0.4, 0.5) is 5.82 Å². The van der Waals surface area contributed by atoms with Crippen LogP contribution in [0.2, 0.25) is 0 Å². The lowest BCUT2D eigenvalue weighted by atomic mass is 10.0. The number of hydrogen-bond donors (Lipinski definition) is 1. The molecule has 0 fully saturated rings. The van der Waals surface area contributed by atoms with E-state index in [0.29, 0.717) is 16.2 Å². The van der Waals surface area contributed by atoms with Gasteiger partial charge in [-0.25, -0.2) is 9.78 Å².